The SMILES string of the molecule is O=C(CC1NC(=O)c2ccccc2NC1=O)NCc1ccco1. The van der Waals surface area contributed by atoms with Gasteiger partial charge >= 0.3 is 0 Å². The van der Waals surface area contributed by atoms with Crippen LogP contribution in [0.2, 0.25) is 0 Å². The Hall–Kier alpha value is -3.09. The van der Waals surface area contributed by atoms with Crippen LogP contribution in [-0.4, -0.2) is 23.8 Å². The lowest BCUT2D eigenvalue weighted by atomic mass is 10.1. The third-order valence-electron chi connectivity index (χ3n) is 3.48. The van der Waals surface area contributed by atoms with Crippen molar-refractivity contribution < 1.29 is 18.8 Å². The molecule has 118 valence electrons. The molecule has 0 saturated heterocycles. The van der Waals surface area contributed by atoms with E-state index in [0.29, 0.717) is 17.0 Å². The van der Waals surface area contributed by atoms with Crippen molar-refractivity contribution in [3.05, 3.63) is 54.0 Å². The van der Waals surface area contributed by atoms with Crippen LogP contribution >= 0.6 is 0 Å². The zero-order valence-corrected chi connectivity index (χ0v) is 12.2. The summed E-state index contributed by atoms with van der Waals surface area (Å²) < 4.78 is 5.11. The van der Waals surface area contributed by atoms with Crippen LogP contribution in [0.4, 0.5) is 5.69 Å². The van der Waals surface area contributed by atoms with Crippen molar-refractivity contribution in [2.75, 3.05) is 5.32 Å². The average Bonchev–Trinajstić information content (AvgIpc) is 3.02. The maximum absolute atomic E-state index is 12.2. The number of para-hydroxylation sites is 1. The third-order valence-corrected chi connectivity index (χ3v) is 3.48. The van der Waals surface area contributed by atoms with Gasteiger partial charge in [-0.1, -0.05) is 12.1 Å². The molecule has 0 bridgehead atoms. The molecule has 3 N–H and O–H groups in total. The fourth-order valence-corrected chi connectivity index (χ4v) is 2.31. The molecule has 1 atom stereocenters. The fourth-order valence-electron chi connectivity index (χ4n) is 2.31. The fraction of sp³-hybridized carbons (Fsp3) is 0.188. The van der Waals surface area contributed by atoms with E-state index in [-0.39, 0.29) is 24.8 Å². The molecule has 3 amide bonds. The van der Waals surface area contributed by atoms with Crippen molar-refractivity contribution >= 4 is 23.4 Å². The van der Waals surface area contributed by atoms with E-state index in [0.717, 1.165) is 0 Å². The standard InChI is InChI=1S/C16H15N3O4/c20-14(17-9-10-4-3-7-23-10)8-13-16(22)18-12-6-2-1-5-11(12)15(21)19-13/h1-7,13H,8-9H2,(H,17,20)(H,18,22)(H,19,21). The molecule has 0 spiro atoms. The monoisotopic (exact) mass is 313 g/mol. The number of furan rings is 1. The summed E-state index contributed by atoms with van der Waals surface area (Å²) in [6.45, 7) is 0.231. The van der Waals surface area contributed by atoms with Crippen molar-refractivity contribution in [3.8, 4) is 0 Å². The number of benzene rings is 1. The molecule has 0 fully saturated rings. The van der Waals surface area contributed by atoms with Crippen molar-refractivity contribution in [1.29, 1.82) is 0 Å². The molecule has 0 radical (unpaired) electrons. The molecule has 1 aliphatic heterocycles. The molecule has 1 unspecified atom stereocenters. The number of hydrogen-bond acceptors (Lipinski definition) is 4. The topological polar surface area (TPSA) is 100 Å². The lowest BCUT2D eigenvalue weighted by molar-refractivity contribution is -0.125. The molecule has 2 heterocycles. The average molecular weight is 313 g/mol. The molecule has 1 aromatic carbocycles. The van der Waals surface area contributed by atoms with Gasteiger partial charge in [-0.25, -0.2) is 0 Å². The highest BCUT2D eigenvalue weighted by molar-refractivity contribution is 6.10. The van der Waals surface area contributed by atoms with Crippen molar-refractivity contribution in [3.63, 3.8) is 0 Å². The van der Waals surface area contributed by atoms with Gasteiger partial charge in [0.25, 0.3) is 5.91 Å². The van der Waals surface area contributed by atoms with Gasteiger partial charge in [0.1, 0.15) is 11.8 Å². The summed E-state index contributed by atoms with van der Waals surface area (Å²) in [4.78, 5) is 36.3. The van der Waals surface area contributed by atoms with Crippen molar-refractivity contribution in [2.45, 2.75) is 19.0 Å². The Bertz CT molecular complexity index is 740. The van der Waals surface area contributed by atoms with E-state index >= 15 is 0 Å². The van der Waals surface area contributed by atoms with Gasteiger partial charge in [0.2, 0.25) is 11.8 Å². The van der Waals surface area contributed by atoms with Crippen LogP contribution in [0.1, 0.15) is 22.5 Å². The van der Waals surface area contributed by atoms with Crippen LogP contribution in [-0.2, 0) is 16.1 Å². The number of hydrogen-bond donors (Lipinski definition) is 3. The third kappa shape index (κ3) is 3.39. The molecule has 7 nitrogen and oxygen atoms in total. The number of nitrogens with one attached hydrogen (secondary N) is 3. The highest BCUT2D eigenvalue weighted by atomic mass is 16.3. The van der Waals surface area contributed by atoms with E-state index < -0.39 is 11.9 Å². The number of carbonyl (C=O) groups excluding carboxylic acids is 3. The molecule has 1 aliphatic rings. The second-order valence-corrected chi connectivity index (χ2v) is 5.12. The number of fused-ring (bicyclic) bond motifs is 1. The molecule has 3 rings (SSSR count). The Morgan fingerprint density at radius 3 is 2.78 bits per heavy atom. The summed E-state index contributed by atoms with van der Waals surface area (Å²) in [6.07, 6.45) is 1.37. The van der Waals surface area contributed by atoms with Crippen molar-refractivity contribution in [1.82, 2.24) is 10.6 Å². The smallest absolute Gasteiger partial charge is 0.254 e. The summed E-state index contributed by atoms with van der Waals surface area (Å²) in [5, 5.41) is 7.88. The van der Waals surface area contributed by atoms with Gasteiger partial charge < -0.3 is 20.4 Å². The highest BCUT2D eigenvalue weighted by Gasteiger charge is 2.29. The van der Waals surface area contributed by atoms with Gasteiger partial charge in [0, 0.05) is 0 Å². The summed E-state index contributed by atoms with van der Waals surface area (Å²) in [6, 6.07) is 9.22. The van der Waals surface area contributed by atoms with Crippen molar-refractivity contribution in [2.24, 2.45) is 0 Å². The maximum Gasteiger partial charge on any atom is 0.254 e. The molecule has 7 heteroatoms. The maximum atomic E-state index is 12.2. The Balaban J connectivity index is 1.63. The molecule has 23 heavy (non-hydrogen) atoms. The van der Waals surface area contributed by atoms with Gasteiger partial charge in [0.15, 0.2) is 0 Å². The van der Waals surface area contributed by atoms with Crippen LogP contribution in [0.5, 0.6) is 0 Å². The van der Waals surface area contributed by atoms with Gasteiger partial charge in [-0.15, -0.1) is 0 Å². The lowest BCUT2D eigenvalue weighted by Crippen LogP contribution is -2.44. The normalized spacial score (nSPS) is 16.8. The van der Waals surface area contributed by atoms with Crippen LogP contribution in [0.3, 0.4) is 0 Å². The predicted molar refractivity (Wildman–Crippen MR) is 81.5 cm³/mol. The highest BCUT2D eigenvalue weighted by Crippen LogP contribution is 2.18. The minimum atomic E-state index is -0.925. The Morgan fingerprint density at radius 2 is 2.00 bits per heavy atom. The first-order chi connectivity index (χ1) is 11.1. The first-order valence-corrected chi connectivity index (χ1v) is 7.13. The van der Waals surface area contributed by atoms with Gasteiger partial charge in [0.05, 0.1) is 30.5 Å². The second kappa shape index (κ2) is 6.35. The first kappa shape index (κ1) is 14.8. The Labute approximate surface area is 132 Å². The van der Waals surface area contributed by atoms with Gasteiger partial charge in [-0.05, 0) is 24.3 Å². The summed E-state index contributed by atoms with van der Waals surface area (Å²) >= 11 is 0. The Kier molecular flexibility index (Phi) is 4.09. The summed E-state index contributed by atoms with van der Waals surface area (Å²) in [5.74, 6) is -0.549. The van der Waals surface area contributed by atoms with E-state index in [9.17, 15) is 14.4 Å². The van der Waals surface area contributed by atoms with Crippen LogP contribution in [0, 0.1) is 0 Å². The zero-order chi connectivity index (χ0) is 16.2. The first-order valence-electron chi connectivity index (χ1n) is 7.13. The summed E-state index contributed by atoms with van der Waals surface area (Å²) in [7, 11) is 0. The molecular formula is C16H15N3O4. The van der Waals surface area contributed by atoms with E-state index in [1.165, 1.54) is 6.26 Å². The van der Waals surface area contributed by atoms with Gasteiger partial charge in [-0.3, -0.25) is 14.4 Å². The Morgan fingerprint density at radius 1 is 1.17 bits per heavy atom. The minimum Gasteiger partial charge on any atom is -0.467 e. The molecule has 0 saturated carbocycles. The number of amides is 3. The van der Waals surface area contributed by atoms with Crippen LogP contribution < -0.4 is 16.0 Å². The van der Waals surface area contributed by atoms with E-state index in [1.807, 2.05) is 0 Å². The quantitative estimate of drug-likeness (QED) is 0.785. The van der Waals surface area contributed by atoms with E-state index in [1.54, 1.807) is 36.4 Å². The molecule has 1 aromatic heterocycles. The van der Waals surface area contributed by atoms with Crippen LogP contribution in [0.15, 0.2) is 47.1 Å². The number of anilines is 1. The number of rotatable bonds is 4. The minimum absolute atomic E-state index is 0.147. The number of carbonyl (C=O) groups is 3. The summed E-state index contributed by atoms with van der Waals surface area (Å²) in [5.41, 5.74) is 0.813. The van der Waals surface area contributed by atoms with Gasteiger partial charge in [-0.2, -0.15) is 0 Å². The predicted octanol–water partition coefficient (Wildman–Crippen LogP) is 1.04. The molecule has 0 aliphatic carbocycles. The zero-order valence-electron chi connectivity index (χ0n) is 12.2. The van der Waals surface area contributed by atoms with Crippen LogP contribution in [0.25, 0.3) is 0 Å². The van der Waals surface area contributed by atoms with E-state index in [2.05, 4.69) is 16.0 Å². The molecule has 2 aromatic rings. The largest absolute Gasteiger partial charge is 0.467 e. The lowest BCUT2D eigenvalue weighted by Gasteiger charge is -2.14. The molecular weight excluding hydrogens is 298 g/mol. The van der Waals surface area contributed by atoms with E-state index in [4.69, 9.17) is 4.42 Å². The second-order valence-electron chi connectivity index (χ2n) is 5.12.